The fourth-order valence-electron chi connectivity index (χ4n) is 4.22. The third-order valence-corrected chi connectivity index (χ3v) is 6.24. The lowest BCUT2D eigenvalue weighted by Crippen LogP contribution is -2.49. The van der Waals surface area contributed by atoms with E-state index in [4.69, 9.17) is 4.74 Å². The summed E-state index contributed by atoms with van der Waals surface area (Å²) in [6.45, 7) is 1.80. The topological polar surface area (TPSA) is 67.9 Å². The third kappa shape index (κ3) is 5.30. The van der Waals surface area contributed by atoms with Gasteiger partial charge in [-0.05, 0) is 43.4 Å². The number of nitrogens with zero attached hydrogens (tertiary/aromatic N) is 1. The highest BCUT2D eigenvalue weighted by atomic mass is 19.4. The first-order valence-corrected chi connectivity index (χ1v) is 9.87. The molecule has 0 aromatic heterocycles. The molecule has 3 rings (SSSR count). The highest BCUT2D eigenvalue weighted by molar-refractivity contribution is 5.82. The van der Waals surface area contributed by atoms with Gasteiger partial charge in [-0.25, -0.2) is 4.79 Å². The third-order valence-electron chi connectivity index (χ3n) is 6.24. The first-order valence-electron chi connectivity index (χ1n) is 9.87. The zero-order chi connectivity index (χ0) is 22.2. The number of carbonyl (C=O) groups is 2. The summed E-state index contributed by atoms with van der Waals surface area (Å²) in [5.74, 6) is 0.0320. The van der Waals surface area contributed by atoms with Crippen LogP contribution in [-0.2, 0) is 14.3 Å². The number of alkyl halides is 6. The van der Waals surface area contributed by atoms with E-state index in [1.807, 2.05) is 0 Å². The second-order valence-electron chi connectivity index (χ2n) is 8.25. The van der Waals surface area contributed by atoms with Crippen molar-refractivity contribution in [1.82, 2.24) is 10.2 Å². The monoisotopic (exact) mass is 446 g/mol. The quantitative estimate of drug-likeness (QED) is 0.674. The summed E-state index contributed by atoms with van der Waals surface area (Å²) in [5.41, 5.74) is -0.343. The SMILES string of the molecule is O=C(NCC1CCOCC1)C1CC12CCN(C(=O)OC(C(F)(F)F)C(F)(F)F)CC2. The number of carbonyl (C=O) groups excluding carboxylic acids is 2. The van der Waals surface area contributed by atoms with Crippen LogP contribution in [-0.4, -0.2) is 68.2 Å². The highest BCUT2D eigenvalue weighted by Gasteiger charge is 2.61. The average molecular weight is 446 g/mol. The van der Waals surface area contributed by atoms with Gasteiger partial charge in [0, 0.05) is 38.8 Å². The molecule has 3 fully saturated rings. The van der Waals surface area contributed by atoms with E-state index in [0.29, 0.717) is 44.9 Å². The van der Waals surface area contributed by atoms with Gasteiger partial charge in [-0.3, -0.25) is 4.79 Å². The Morgan fingerprint density at radius 2 is 1.63 bits per heavy atom. The number of nitrogens with one attached hydrogen (secondary N) is 1. The van der Waals surface area contributed by atoms with Gasteiger partial charge >= 0.3 is 18.4 Å². The number of amides is 2. The van der Waals surface area contributed by atoms with Gasteiger partial charge in [0.1, 0.15) is 0 Å². The van der Waals surface area contributed by atoms with Crippen LogP contribution in [0.15, 0.2) is 0 Å². The molecule has 1 spiro atoms. The lowest BCUT2D eigenvalue weighted by molar-refractivity contribution is -0.308. The molecule has 6 nitrogen and oxygen atoms in total. The van der Waals surface area contributed by atoms with E-state index in [1.54, 1.807) is 0 Å². The summed E-state index contributed by atoms with van der Waals surface area (Å²) >= 11 is 0. The number of halogens is 6. The van der Waals surface area contributed by atoms with Crippen LogP contribution < -0.4 is 5.32 Å². The molecule has 1 N–H and O–H groups in total. The molecule has 2 saturated heterocycles. The van der Waals surface area contributed by atoms with Gasteiger partial charge in [-0.2, -0.15) is 26.3 Å². The number of rotatable bonds is 4. The minimum Gasteiger partial charge on any atom is -0.426 e. The van der Waals surface area contributed by atoms with Crippen LogP contribution in [0.3, 0.4) is 0 Å². The molecule has 172 valence electrons. The highest BCUT2D eigenvalue weighted by Crippen LogP contribution is 2.59. The van der Waals surface area contributed by atoms with Crippen molar-refractivity contribution in [3.8, 4) is 0 Å². The summed E-state index contributed by atoms with van der Waals surface area (Å²) in [4.78, 5) is 25.1. The zero-order valence-electron chi connectivity index (χ0n) is 16.2. The Kier molecular flexibility index (Phi) is 6.45. The molecule has 0 aromatic rings. The molecular formula is C18H24F6N2O4. The van der Waals surface area contributed by atoms with E-state index in [0.717, 1.165) is 17.7 Å². The van der Waals surface area contributed by atoms with E-state index in [9.17, 15) is 35.9 Å². The van der Waals surface area contributed by atoms with Crippen molar-refractivity contribution < 1.29 is 45.4 Å². The van der Waals surface area contributed by atoms with Crippen molar-refractivity contribution in [2.24, 2.45) is 17.3 Å². The Bertz CT molecular complexity index is 626. The van der Waals surface area contributed by atoms with Crippen molar-refractivity contribution in [2.45, 2.75) is 50.6 Å². The maximum atomic E-state index is 12.6. The van der Waals surface area contributed by atoms with E-state index >= 15 is 0 Å². The predicted molar refractivity (Wildman–Crippen MR) is 90.3 cm³/mol. The minimum atomic E-state index is -5.74. The molecule has 0 bridgehead atoms. The summed E-state index contributed by atoms with van der Waals surface area (Å²) < 4.78 is 84.3. The lowest BCUT2D eigenvalue weighted by Gasteiger charge is -2.33. The standard InChI is InChI=1S/C18H24F6N2O4/c19-17(20,21)14(18(22,23)24)30-15(28)26-5-3-16(4-6-26)9-12(16)13(27)25-10-11-1-7-29-8-2-11/h11-12,14H,1-10H2,(H,25,27). The van der Waals surface area contributed by atoms with Crippen molar-refractivity contribution >= 4 is 12.0 Å². The number of hydrogen-bond acceptors (Lipinski definition) is 4. The molecule has 30 heavy (non-hydrogen) atoms. The second kappa shape index (κ2) is 8.43. The van der Waals surface area contributed by atoms with Gasteiger partial charge in [0.25, 0.3) is 6.10 Å². The van der Waals surface area contributed by atoms with Crippen LogP contribution in [0.2, 0.25) is 0 Å². The number of piperidine rings is 1. The van der Waals surface area contributed by atoms with Gasteiger partial charge < -0.3 is 19.7 Å². The van der Waals surface area contributed by atoms with Crippen molar-refractivity contribution in [3.63, 3.8) is 0 Å². The molecule has 0 aromatic carbocycles. The Balaban J connectivity index is 1.45. The molecule has 12 heteroatoms. The van der Waals surface area contributed by atoms with Crippen molar-refractivity contribution in [3.05, 3.63) is 0 Å². The molecule has 1 aliphatic carbocycles. The second-order valence-corrected chi connectivity index (χ2v) is 8.25. The number of hydrogen-bond donors (Lipinski definition) is 1. The van der Waals surface area contributed by atoms with Crippen LogP contribution in [0, 0.1) is 17.3 Å². The van der Waals surface area contributed by atoms with Crippen molar-refractivity contribution in [1.29, 1.82) is 0 Å². The van der Waals surface area contributed by atoms with Gasteiger partial charge in [-0.15, -0.1) is 0 Å². The molecular weight excluding hydrogens is 422 g/mol. The molecule has 2 heterocycles. The van der Waals surface area contributed by atoms with Crippen molar-refractivity contribution in [2.75, 3.05) is 32.8 Å². The van der Waals surface area contributed by atoms with E-state index in [2.05, 4.69) is 10.1 Å². The molecule has 1 saturated carbocycles. The van der Waals surface area contributed by atoms with Gasteiger partial charge in [0.05, 0.1) is 0 Å². The number of likely N-dealkylation sites (tertiary alicyclic amines) is 1. The molecule has 1 unspecified atom stereocenters. The van der Waals surface area contributed by atoms with Crippen LogP contribution in [0.25, 0.3) is 0 Å². The summed E-state index contributed by atoms with van der Waals surface area (Å²) in [7, 11) is 0. The van der Waals surface area contributed by atoms with Crippen LogP contribution in [0.1, 0.15) is 32.1 Å². The molecule has 2 amide bonds. The van der Waals surface area contributed by atoms with Gasteiger partial charge in [0.15, 0.2) is 0 Å². The first-order chi connectivity index (χ1) is 13.9. The first kappa shape index (κ1) is 23.0. The van der Waals surface area contributed by atoms with E-state index < -0.39 is 24.5 Å². The van der Waals surface area contributed by atoms with E-state index in [-0.39, 0.29) is 30.3 Å². The van der Waals surface area contributed by atoms with E-state index in [1.165, 1.54) is 0 Å². The Labute approximate surface area is 169 Å². The Hall–Kier alpha value is -1.72. The number of ether oxygens (including phenoxy) is 2. The van der Waals surface area contributed by atoms with Crippen LogP contribution >= 0.6 is 0 Å². The van der Waals surface area contributed by atoms with Crippen LogP contribution in [0.4, 0.5) is 31.1 Å². The maximum absolute atomic E-state index is 12.6. The fourth-order valence-corrected chi connectivity index (χ4v) is 4.22. The molecule has 2 aliphatic heterocycles. The average Bonchev–Trinajstić information content (AvgIpc) is 3.37. The molecule has 0 radical (unpaired) electrons. The zero-order valence-corrected chi connectivity index (χ0v) is 16.2. The molecule has 3 aliphatic rings. The summed E-state index contributed by atoms with van der Waals surface area (Å²) in [5, 5.41) is 2.93. The summed E-state index contributed by atoms with van der Waals surface area (Å²) in [6, 6.07) is 0. The summed E-state index contributed by atoms with van der Waals surface area (Å²) in [6.07, 6.45) is -14.3. The molecule has 1 atom stereocenters. The largest absolute Gasteiger partial charge is 0.434 e. The normalized spacial score (nSPS) is 24.8. The van der Waals surface area contributed by atoms with Gasteiger partial charge in [0.2, 0.25) is 5.91 Å². The minimum absolute atomic E-state index is 0.0506. The maximum Gasteiger partial charge on any atom is 0.434 e. The lowest BCUT2D eigenvalue weighted by atomic mass is 9.90. The Morgan fingerprint density at radius 1 is 1.07 bits per heavy atom. The smallest absolute Gasteiger partial charge is 0.426 e. The van der Waals surface area contributed by atoms with Gasteiger partial charge in [-0.1, -0.05) is 0 Å². The Morgan fingerprint density at radius 3 is 2.17 bits per heavy atom. The predicted octanol–water partition coefficient (Wildman–Crippen LogP) is 3.26. The fraction of sp³-hybridized carbons (Fsp3) is 0.889. The van der Waals surface area contributed by atoms with Crippen LogP contribution in [0.5, 0.6) is 0 Å².